The smallest absolute Gasteiger partial charge is 0.264 e. The zero-order chi connectivity index (χ0) is 13.8. The van der Waals surface area contributed by atoms with Crippen LogP contribution in [0.4, 0.5) is 5.95 Å². The van der Waals surface area contributed by atoms with Crippen molar-refractivity contribution in [3.63, 3.8) is 0 Å². The van der Waals surface area contributed by atoms with Gasteiger partial charge in [-0.2, -0.15) is 16.7 Å². The molecule has 106 valence electrons. The van der Waals surface area contributed by atoms with Gasteiger partial charge in [0.1, 0.15) is 0 Å². The molecule has 1 heterocycles. The molecule has 5 heteroatoms. The second-order valence-corrected chi connectivity index (χ2v) is 6.48. The third-order valence-corrected chi connectivity index (χ3v) is 4.92. The molecule has 1 N–H and O–H groups in total. The normalized spacial score (nSPS) is 22.1. The summed E-state index contributed by atoms with van der Waals surface area (Å²) in [6.45, 7) is 2.21. The lowest BCUT2D eigenvalue weighted by Crippen LogP contribution is -2.26. The van der Waals surface area contributed by atoms with Crippen molar-refractivity contribution in [2.45, 2.75) is 37.5 Å². The van der Waals surface area contributed by atoms with Gasteiger partial charge in [-0.05, 0) is 35.9 Å². The van der Waals surface area contributed by atoms with Crippen molar-refractivity contribution >= 4 is 17.7 Å². The lowest BCUT2D eigenvalue weighted by molar-refractivity contribution is 0.431. The van der Waals surface area contributed by atoms with Crippen LogP contribution >= 0.6 is 11.8 Å². The van der Waals surface area contributed by atoms with Crippen LogP contribution in [-0.2, 0) is 0 Å². The Kier molecular flexibility index (Phi) is 4.25. The van der Waals surface area contributed by atoms with Crippen LogP contribution in [0, 0.1) is 0 Å². The fraction of sp³-hybridized carbons (Fsp3) is 0.467. The van der Waals surface area contributed by atoms with E-state index in [2.05, 4.69) is 22.4 Å². The number of nitrogens with zero attached hydrogens (tertiary/aromatic N) is 2. The van der Waals surface area contributed by atoms with Crippen molar-refractivity contribution in [2.75, 3.05) is 11.1 Å². The van der Waals surface area contributed by atoms with Crippen LogP contribution in [-0.4, -0.2) is 27.2 Å². The number of benzene rings is 1. The Balaban J connectivity index is 1.68. The predicted octanol–water partition coefficient (Wildman–Crippen LogP) is 3.82. The summed E-state index contributed by atoms with van der Waals surface area (Å²) < 4.78 is 5.33. The first-order chi connectivity index (χ1) is 9.86. The van der Waals surface area contributed by atoms with Crippen molar-refractivity contribution in [1.29, 1.82) is 0 Å². The number of rotatable bonds is 5. The Morgan fingerprint density at radius 2 is 2.15 bits per heavy atom. The number of nitrogens with one attached hydrogen (secondary N) is 1. The van der Waals surface area contributed by atoms with Gasteiger partial charge in [0.05, 0.1) is 0 Å². The summed E-state index contributed by atoms with van der Waals surface area (Å²) in [6, 6.07) is 10.3. The first kappa shape index (κ1) is 13.5. The fourth-order valence-electron chi connectivity index (χ4n) is 2.65. The zero-order valence-electron chi connectivity index (χ0n) is 11.6. The molecule has 0 spiro atoms. The van der Waals surface area contributed by atoms with Crippen molar-refractivity contribution < 1.29 is 4.52 Å². The molecule has 4 nitrogen and oxygen atoms in total. The summed E-state index contributed by atoms with van der Waals surface area (Å²) in [4.78, 5) is 4.44. The lowest BCUT2D eigenvalue weighted by Gasteiger charge is -2.18. The second kappa shape index (κ2) is 6.31. The van der Waals surface area contributed by atoms with E-state index in [4.69, 9.17) is 4.52 Å². The molecule has 0 aliphatic heterocycles. The summed E-state index contributed by atoms with van der Waals surface area (Å²) in [5, 5.41) is 8.14. The van der Waals surface area contributed by atoms with Crippen LogP contribution in [0.25, 0.3) is 11.5 Å². The number of aromatic nitrogens is 2. The molecule has 2 atom stereocenters. The van der Waals surface area contributed by atoms with Crippen LogP contribution < -0.4 is 5.32 Å². The third-order valence-electron chi connectivity index (χ3n) is 3.59. The molecular formula is C15H19N3OS. The molecule has 0 bridgehead atoms. The first-order valence-electron chi connectivity index (χ1n) is 7.14. The van der Waals surface area contributed by atoms with E-state index in [1.807, 2.05) is 42.1 Å². The largest absolute Gasteiger partial charge is 0.348 e. The lowest BCUT2D eigenvalue weighted by atomic mass is 10.2. The van der Waals surface area contributed by atoms with Crippen LogP contribution in [0.3, 0.4) is 0 Å². The van der Waals surface area contributed by atoms with Crippen LogP contribution in [0.2, 0.25) is 0 Å². The van der Waals surface area contributed by atoms with E-state index in [1.54, 1.807) is 0 Å². The van der Waals surface area contributed by atoms with Gasteiger partial charge in [-0.15, -0.1) is 0 Å². The van der Waals surface area contributed by atoms with Gasteiger partial charge in [0, 0.05) is 16.9 Å². The van der Waals surface area contributed by atoms with E-state index in [0.29, 0.717) is 23.1 Å². The Labute approximate surface area is 123 Å². The quantitative estimate of drug-likeness (QED) is 0.906. The first-order valence-corrected chi connectivity index (χ1v) is 8.19. The summed E-state index contributed by atoms with van der Waals surface area (Å²) in [5.41, 5.74) is 0.957. The third kappa shape index (κ3) is 2.98. The van der Waals surface area contributed by atoms with Gasteiger partial charge >= 0.3 is 0 Å². The Hall–Kier alpha value is -1.49. The van der Waals surface area contributed by atoms with E-state index in [-0.39, 0.29) is 0 Å². The minimum atomic E-state index is 0.459. The maximum absolute atomic E-state index is 5.33. The average Bonchev–Trinajstić information content (AvgIpc) is 3.11. The van der Waals surface area contributed by atoms with Crippen LogP contribution in [0.5, 0.6) is 0 Å². The van der Waals surface area contributed by atoms with Gasteiger partial charge < -0.3 is 9.84 Å². The Morgan fingerprint density at radius 3 is 2.95 bits per heavy atom. The molecule has 1 aromatic heterocycles. The number of anilines is 1. The Morgan fingerprint density at radius 1 is 1.30 bits per heavy atom. The highest BCUT2D eigenvalue weighted by Gasteiger charge is 2.28. The summed E-state index contributed by atoms with van der Waals surface area (Å²) in [6.07, 6.45) is 3.74. The van der Waals surface area contributed by atoms with Crippen LogP contribution in [0.15, 0.2) is 34.9 Å². The number of hydrogen-bond donors (Lipinski definition) is 1. The molecule has 3 rings (SSSR count). The van der Waals surface area contributed by atoms with E-state index < -0.39 is 0 Å². The van der Waals surface area contributed by atoms with Gasteiger partial charge in [-0.1, -0.05) is 31.5 Å². The highest BCUT2D eigenvalue weighted by molar-refractivity contribution is 7.99. The maximum atomic E-state index is 5.33. The topological polar surface area (TPSA) is 51.0 Å². The van der Waals surface area contributed by atoms with E-state index in [0.717, 1.165) is 11.3 Å². The van der Waals surface area contributed by atoms with Gasteiger partial charge in [0.15, 0.2) is 0 Å². The molecule has 1 aliphatic carbocycles. The fourth-order valence-corrected chi connectivity index (χ4v) is 3.85. The van der Waals surface area contributed by atoms with E-state index in [1.165, 1.54) is 19.3 Å². The van der Waals surface area contributed by atoms with Gasteiger partial charge in [0.25, 0.3) is 11.8 Å². The predicted molar refractivity (Wildman–Crippen MR) is 82.9 cm³/mol. The summed E-state index contributed by atoms with van der Waals surface area (Å²) in [7, 11) is 0. The molecule has 20 heavy (non-hydrogen) atoms. The molecule has 2 unspecified atom stereocenters. The highest BCUT2D eigenvalue weighted by Crippen LogP contribution is 2.31. The van der Waals surface area contributed by atoms with Gasteiger partial charge in [0.2, 0.25) is 0 Å². The molecule has 1 fully saturated rings. The van der Waals surface area contributed by atoms with Crippen LogP contribution in [0.1, 0.15) is 26.2 Å². The Bertz CT molecular complexity index is 543. The van der Waals surface area contributed by atoms with Crippen molar-refractivity contribution in [3.05, 3.63) is 30.3 Å². The van der Waals surface area contributed by atoms with Crippen molar-refractivity contribution in [3.8, 4) is 11.5 Å². The molecule has 0 saturated heterocycles. The molecule has 0 radical (unpaired) electrons. The monoisotopic (exact) mass is 289 g/mol. The van der Waals surface area contributed by atoms with E-state index in [9.17, 15) is 0 Å². The summed E-state index contributed by atoms with van der Waals surface area (Å²) in [5.74, 6) is 2.34. The molecule has 1 saturated carbocycles. The minimum absolute atomic E-state index is 0.459. The molecule has 0 amide bonds. The second-order valence-electron chi connectivity index (χ2n) is 4.96. The average molecular weight is 289 g/mol. The number of thioether (sulfide) groups is 1. The minimum Gasteiger partial charge on any atom is -0.348 e. The molecular weight excluding hydrogens is 270 g/mol. The zero-order valence-corrected chi connectivity index (χ0v) is 12.4. The highest BCUT2D eigenvalue weighted by atomic mass is 32.2. The SMILES string of the molecule is CCSC1CCCC1Nc1noc(-c2ccccc2)n1. The van der Waals surface area contributed by atoms with Crippen molar-refractivity contribution in [1.82, 2.24) is 10.1 Å². The van der Waals surface area contributed by atoms with Crippen molar-refractivity contribution in [2.24, 2.45) is 0 Å². The van der Waals surface area contributed by atoms with Gasteiger partial charge in [-0.3, -0.25) is 0 Å². The number of hydrogen-bond acceptors (Lipinski definition) is 5. The summed E-state index contributed by atoms with van der Waals surface area (Å²) >= 11 is 2.02. The van der Waals surface area contributed by atoms with E-state index >= 15 is 0 Å². The van der Waals surface area contributed by atoms with Gasteiger partial charge in [-0.25, -0.2) is 0 Å². The molecule has 2 aromatic rings. The standard InChI is InChI=1S/C15H19N3OS/c1-2-20-13-10-6-9-12(13)16-15-17-14(19-18-15)11-7-4-3-5-8-11/h3-5,7-8,12-13H,2,6,9-10H2,1H3,(H,16,18). The molecule has 1 aromatic carbocycles. The maximum Gasteiger partial charge on any atom is 0.264 e. The molecule has 1 aliphatic rings.